The minimum atomic E-state index is 0.934. The molecular formula is C21H32N2+2. The molecule has 1 aromatic rings. The van der Waals surface area contributed by atoms with E-state index in [1.807, 2.05) is 9.80 Å². The highest BCUT2D eigenvalue weighted by Gasteiger charge is 2.38. The fourth-order valence-electron chi connectivity index (χ4n) is 5.10. The van der Waals surface area contributed by atoms with Crippen molar-refractivity contribution in [1.82, 2.24) is 0 Å². The van der Waals surface area contributed by atoms with Gasteiger partial charge in [0.15, 0.2) is 0 Å². The third-order valence-corrected chi connectivity index (χ3v) is 6.47. The third kappa shape index (κ3) is 3.87. The molecule has 0 spiro atoms. The van der Waals surface area contributed by atoms with Gasteiger partial charge in [-0.05, 0) is 36.7 Å². The van der Waals surface area contributed by atoms with E-state index in [1.165, 1.54) is 70.5 Å². The minimum absolute atomic E-state index is 0.934. The highest BCUT2D eigenvalue weighted by Crippen LogP contribution is 2.42. The predicted molar refractivity (Wildman–Crippen MR) is 94.7 cm³/mol. The summed E-state index contributed by atoms with van der Waals surface area (Å²) in [6.45, 7) is 8.39. The highest BCUT2D eigenvalue weighted by atomic mass is 15.3. The number of piperazine rings is 1. The van der Waals surface area contributed by atoms with Crippen LogP contribution in [0, 0.1) is 17.8 Å². The van der Waals surface area contributed by atoms with Crippen molar-refractivity contribution in [2.75, 3.05) is 39.3 Å². The first-order chi connectivity index (χ1) is 11.4. The lowest BCUT2D eigenvalue weighted by atomic mass is 9.93. The number of quaternary nitrogens is 2. The lowest BCUT2D eigenvalue weighted by Crippen LogP contribution is -3.28. The van der Waals surface area contributed by atoms with Gasteiger partial charge in [-0.1, -0.05) is 42.5 Å². The maximum Gasteiger partial charge on any atom is 0.127 e. The molecule has 2 bridgehead atoms. The van der Waals surface area contributed by atoms with Crippen LogP contribution < -0.4 is 9.80 Å². The second kappa shape index (κ2) is 7.19. The predicted octanol–water partition coefficient (Wildman–Crippen LogP) is 0.615. The van der Waals surface area contributed by atoms with Crippen LogP contribution in [0.5, 0.6) is 0 Å². The van der Waals surface area contributed by atoms with Crippen LogP contribution >= 0.6 is 0 Å². The van der Waals surface area contributed by atoms with Gasteiger partial charge in [-0.25, -0.2) is 0 Å². The summed E-state index contributed by atoms with van der Waals surface area (Å²) in [5.41, 5.74) is 1.50. The van der Waals surface area contributed by atoms with Gasteiger partial charge in [0.1, 0.15) is 26.2 Å². The number of fused-ring (bicyclic) bond motifs is 2. The van der Waals surface area contributed by atoms with E-state index in [0.29, 0.717) is 0 Å². The molecule has 1 aliphatic heterocycles. The van der Waals surface area contributed by atoms with E-state index >= 15 is 0 Å². The fraction of sp³-hybridized carbons (Fsp3) is 0.619. The van der Waals surface area contributed by atoms with Crippen molar-refractivity contribution >= 4 is 0 Å². The summed E-state index contributed by atoms with van der Waals surface area (Å²) in [5.74, 6) is 2.87. The number of rotatable bonds is 6. The van der Waals surface area contributed by atoms with Crippen molar-refractivity contribution in [3.05, 3.63) is 48.0 Å². The summed E-state index contributed by atoms with van der Waals surface area (Å²) in [5, 5.41) is 0. The standard InChI is InChI=1S/C21H30N2/c1-2-5-18(6-3-1)7-4-10-22-11-13-23(14-12-22)17-21-16-19-8-9-20(21)15-19/h1-3,5-6,8-9,19-21H,4,7,10-17H2/p+2/t19-,20+,21+/m1/s1. The molecule has 2 nitrogen and oxygen atoms in total. The van der Waals surface area contributed by atoms with Crippen molar-refractivity contribution in [2.24, 2.45) is 17.8 Å². The summed E-state index contributed by atoms with van der Waals surface area (Å²) in [6.07, 6.45) is 10.5. The molecule has 3 atom stereocenters. The zero-order valence-electron chi connectivity index (χ0n) is 14.3. The Morgan fingerprint density at radius 3 is 2.35 bits per heavy atom. The van der Waals surface area contributed by atoms with Crippen LogP contribution in [-0.4, -0.2) is 39.3 Å². The molecule has 1 aromatic carbocycles. The lowest BCUT2D eigenvalue weighted by Gasteiger charge is -2.32. The summed E-state index contributed by atoms with van der Waals surface area (Å²) in [7, 11) is 0. The Hall–Kier alpha value is -1.12. The fourth-order valence-corrected chi connectivity index (χ4v) is 5.10. The molecule has 23 heavy (non-hydrogen) atoms. The van der Waals surface area contributed by atoms with Gasteiger partial charge in [0.05, 0.1) is 13.1 Å². The molecule has 1 saturated carbocycles. The van der Waals surface area contributed by atoms with Crippen LogP contribution in [0.1, 0.15) is 24.8 Å². The van der Waals surface area contributed by atoms with Crippen molar-refractivity contribution in [3.8, 4) is 0 Å². The second-order valence-electron chi connectivity index (χ2n) is 8.08. The molecule has 0 unspecified atom stereocenters. The average molecular weight is 313 g/mol. The van der Waals surface area contributed by atoms with Gasteiger partial charge in [-0.3, -0.25) is 0 Å². The summed E-state index contributed by atoms with van der Waals surface area (Å²) in [6, 6.07) is 11.0. The van der Waals surface area contributed by atoms with E-state index in [9.17, 15) is 0 Å². The Balaban J connectivity index is 1.14. The Morgan fingerprint density at radius 2 is 1.65 bits per heavy atom. The molecule has 2 aliphatic carbocycles. The zero-order valence-corrected chi connectivity index (χ0v) is 14.3. The first kappa shape index (κ1) is 15.4. The SMILES string of the molecule is C1=C[C@H]2C[C@@H]1C[C@H]2C[NH+]1CC[NH+](CCCc2ccccc2)CC1. The Morgan fingerprint density at radius 1 is 0.870 bits per heavy atom. The van der Waals surface area contributed by atoms with E-state index in [4.69, 9.17) is 0 Å². The normalized spacial score (nSPS) is 35.7. The first-order valence-corrected chi connectivity index (χ1v) is 9.76. The van der Waals surface area contributed by atoms with Crippen LogP contribution in [0.15, 0.2) is 42.5 Å². The van der Waals surface area contributed by atoms with E-state index in [-0.39, 0.29) is 0 Å². The molecule has 3 aliphatic rings. The minimum Gasteiger partial charge on any atom is -0.326 e. The van der Waals surface area contributed by atoms with E-state index in [0.717, 1.165) is 17.8 Å². The number of hydrogen-bond acceptors (Lipinski definition) is 0. The molecule has 4 rings (SSSR count). The number of hydrogen-bond donors (Lipinski definition) is 2. The summed E-state index contributed by atoms with van der Waals surface area (Å²) < 4.78 is 0. The van der Waals surface area contributed by atoms with Crippen molar-refractivity contribution < 1.29 is 9.80 Å². The average Bonchev–Trinajstić information content (AvgIpc) is 3.20. The highest BCUT2D eigenvalue weighted by molar-refractivity contribution is 5.14. The molecule has 1 saturated heterocycles. The van der Waals surface area contributed by atoms with Gasteiger partial charge in [0.2, 0.25) is 0 Å². The summed E-state index contributed by atoms with van der Waals surface area (Å²) in [4.78, 5) is 3.74. The monoisotopic (exact) mass is 312 g/mol. The molecule has 2 fully saturated rings. The molecule has 0 radical (unpaired) electrons. The lowest BCUT2D eigenvalue weighted by molar-refractivity contribution is -1.01. The molecule has 1 heterocycles. The Labute approximate surface area is 141 Å². The molecule has 124 valence electrons. The van der Waals surface area contributed by atoms with Gasteiger partial charge < -0.3 is 9.80 Å². The van der Waals surface area contributed by atoms with Crippen LogP contribution in [-0.2, 0) is 6.42 Å². The molecule has 0 aromatic heterocycles. The van der Waals surface area contributed by atoms with Crippen molar-refractivity contribution in [3.63, 3.8) is 0 Å². The van der Waals surface area contributed by atoms with Crippen LogP contribution in [0.25, 0.3) is 0 Å². The maximum atomic E-state index is 2.52. The van der Waals surface area contributed by atoms with E-state index < -0.39 is 0 Å². The zero-order chi connectivity index (χ0) is 15.5. The van der Waals surface area contributed by atoms with Crippen molar-refractivity contribution in [1.29, 1.82) is 0 Å². The Bertz CT molecular complexity index is 516. The molecule has 2 heteroatoms. The van der Waals surface area contributed by atoms with Crippen LogP contribution in [0.2, 0.25) is 0 Å². The quantitative estimate of drug-likeness (QED) is 0.713. The van der Waals surface area contributed by atoms with E-state index in [1.54, 1.807) is 0 Å². The van der Waals surface area contributed by atoms with Gasteiger partial charge in [0, 0.05) is 12.3 Å². The third-order valence-electron chi connectivity index (χ3n) is 6.47. The second-order valence-corrected chi connectivity index (χ2v) is 8.08. The van der Waals surface area contributed by atoms with E-state index in [2.05, 4.69) is 42.5 Å². The topological polar surface area (TPSA) is 8.88 Å². The van der Waals surface area contributed by atoms with Gasteiger partial charge in [-0.2, -0.15) is 0 Å². The molecule has 2 N–H and O–H groups in total. The van der Waals surface area contributed by atoms with Gasteiger partial charge in [0.25, 0.3) is 0 Å². The number of benzene rings is 1. The maximum absolute atomic E-state index is 2.52. The van der Waals surface area contributed by atoms with Crippen LogP contribution in [0.3, 0.4) is 0 Å². The van der Waals surface area contributed by atoms with Gasteiger partial charge >= 0.3 is 0 Å². The number of nitrogens with one attached hydrogen (secondary N) is 2. The number of allylic oxidation sites excluding steroid dienone is 2. The molecule has 0 amide bonds. The smallest absolute Gasteiger partial charge is 0.127 e. The Kier molecular flexibility index (Phi) is 4.82. The first-order valence-electron chi connectivity index (χ1n) is 9.76. The van der Waals surface area contributed by atoms with Crippen LogP contribution in [0.4, 0.5) is 0 Å². The summed E-state index contributed by atoms with van der Waals surface area (Å²) >= 11 is 0. The largest absolute Gasteiger partial charge is 0.326 e. The van der Waals surface area contributed by atoms with Gasteiger partial charge in [-0.15, -0.1) is 0 Å². The van der Waals surface area contributed by atoms with Crippen molar-refractivity contribution in [2.45, 2.75) is 25.7 Å². The number of aryl methyl sites for hydroxylation is 1. The molecular weight excluding hydrogens is 280 g/mol.